The quantitative estimate of drug-likeness (QED) is 0.106. The maximum absolute atomic E-state index is 13.5. The van der Waals surface area contributed by atoms with Crippen molar-refractivity contribution in [2.75, 3.05) is 20.4 Å². The Bertz CT molecular complexity index is 2100. The summed E-state index contributed by atoms with van der Waals surface area (Å²) in [5.74, 6) is 1.78. The molecule has 2 atom stereocenters. The lowest BCUT2D eigenvalue weighted by Gasteiger charge is -2.25. The van der Waals surface area contributed by atoms with Crippen molar-refractivity contribution in [2.45, 2.75) is 23.2 Å². The van der Waals surface area contributed by atoms with Crippen molar-refractivity contribution in [1.82, 2.24) is 14.5 Å². The number of carbonyl (C=O) groups is 1. The SMILES string of the molecule is CN(C[C@@]1(c2ccccc2)C[C@@H]1CC(=O)C=CC(=Cc1ccc2c(c1)OCO2)c1nnc(-c2ccccc2)o1)S(=O)(=O)c1ccccc1. The lowest BCUT2D eigenvalue weighted by Crippen LogP contribution is -2.35. The van der Waals surface area contributed by atoms with E-state index >= 15 is 0 Å². The molecule has 0 radical (unpaired) electrons. The van der Waals surface area contributed by atoms with Crippen LogP contribution in [0.3, 0.4) is 0 Å². The number of carbonyl (C=O) groups excluding carboxylic acids is 1. The zero-order valence-electron chi connectivity index (χ0n) is 26.2. The first-order valence-corrected chi connectivity index (χ1v) is 17.0. The van der Waals surface area contributed by atoms with Crippen molar-refractivity contribution < 1.29 is 27.1 Å². The molecular formula is C38H33N3O6S. The third-order valence-electron chi connectivity index (χ3n) is 8.84. The highest BCUT2D eigenvalue weighted by Crippen LogP contribution is 2.57. The van der Waals surface area contributed by atoms with E-state index < -0.39 is 15.4 Å². The van der Waals surface area contributed by atoms with Gasteiger partial charge < -0.3 is 13.9 Å². The van der Waals surface area contributed by atoms with Gasteiger partial charge in [-0.25, -0.2) is 12.7 Å². The zero-order valence-corrected chi connectivity index (χ0v) is 27.0. The summed E-state index contributed by atoms with van der Waals surface area (Å²) in [6, 6.07) is 33.3. The lowest BCUT2D eigenvalue weighted by atomic mass is 9.91. The van der Waals surface area contributed by atoms with Gasteiger partial charge in [0.25, 0.3) is 0 Å². The molecule has 2 aliphatic rings. The molecule has 1 saturated carbocycles. The molecule has 2 heterocycles. The van der Waals surface area contributed by atoms with Crippen LogP contribution >= 0.6 is 0 Å². The highest BCUT2D eigenvalue weighted by atomic mass is 32.2. The highest BCUT2D eigenvalue weighted by Gasteiger charge is 2.56. The summed E-state index contributed by atoms with van der Waals surface area (Å²) in [6.07, 6.45) is 6.01. The fourth-order valence-corrected chi connectivity index (χ4v) is 7.47. The molecule has 1 aromatic heterocycles. The third-order valence-corrected chi connectivity index (χ3v) is 10.7. The van der Waals surface area contributed by atoms with Gasteiger partial charge in [0.05, 0.1) is 4.90 Å². The van der Waals surface area contributed by atoms with Gasteiger partial charge in [0.1, 0.15) is 0 Å². The molecular weight excluding hydrogens is 627 g/mol. The van der Waals surface area contributed by atoms with Gasteiger partial charge in [-0.1, -0.05) is 72.8 Å². The first kappa shape index (κ1) is 31.3. The second-order valence-electron chi connectivity index (χ2n) is 12.0. The Labute approximate surface area is 279 Å². The zero-order chi connectivity index (χ0) is 33.1. The summed E-state index contributed by atoms with van der Waals surface area (Å²) in [5.41, 5.74) is 2.67. The molecule has 242 valence electrons. The maximum atomic E-state index is 13.5. The van der Waals surface area contributed by atoms with Gasteiger partial charge >= 0.3 is 0 Å². The van der Waals surface area contributed by atoms with Gasteiger partial charge in [-0.05, 0) is 78.1 Å². The summed E-state index contributed by atoms with van der Waals surface area (Å²) < 4.78 is 45.3. The number of likely N-dealkylation sites (N-methyl/N-ethyl adjacent to an activating group) is 1. The highest BCUT2D eigenvalue weighted by molar-refractivity contribution is 7.89. The van der Waals surface area contributed by atoms with Crippen LogP contribution in [0.1, 0.15) is 29.9 Å². The van der Waals surface area contributed by atoms with Gasteiger partial charge in [-0.2, -0.15) is 0 Å². The average Bonchev–Trinajstić information content (AvgIpc) is 3.43. The minimum absolute atomic E-state index is 0.0418. The van der Waals surface area contributed by atoms with Crippen LogP contribution < -0.4 is 9.47 Å². The van der Waals surface area contributed by atoms with Crippen LogP contribution in [0.25, 0.3) is 23.1 Å². The molecule has 0 amide bonds. The Morgan fingerprint density at radius 3 is 2.31 bits per heavy atom. The molecule has 0 unspecified atom stereocenters. The summed E-state index contributed by atoms with van der Waals surface area (Å²) in [4.78, 5) is 13.8. The number of aromatic nitrogens is 2. The number of benzene rings is 4. The second-order valence-corrected chi connectivity index (χ2v) is 14.0. The number of allylic oxidation sites excluding steroid dienone is 3. The molecule has 4 aromatic carbocycles. The van der Waals surface area contributed by atoms with Crippen molar-refractivity contribution in [3.63, 3.8) is 0 Å². The second kappa shape index (κ2) is 13.1. The number of ether oxygens (including phenoxy) is 2. The Morgan fingerprint density at radius 1 is 0.875 bits per heavy atom. The van der Waals surface area contributed by atoms with Crippen LogP contribution in [0.2, 0.25) is 0 Å². The van der Waals surface area contributed by atoms with Crippen LogP contribution in [-0.2, 0) is 20.2 Å². The number of hydrogen-bond acceptors (Lipinski definition) is 8. The van der Waals surface area contributed by atoms with E-state index in [1.807, 2.05) is 84.9 Å². The average molecular weight is 660 g/mol. The smallest absolute Gasteiger partial charge is 0.248 e. The molecule has 1 aliphatic carbocycles. The van der Waals surface area contributed by atoms with Gasteiger partial charge in [0.2, 0.25) is 28.6 Å². The largest absolute Gasteiger partial charge is 0.454 e. The van der Waals surface area contributed by atoms with E-state index in [2.05, 4.69) is 10.2 Å². The summed E-state index contributed by atoms with van der Waals surface area (Å²) in [5, 5.41) is 8.53. The fourth-order valence-electron chi connectivity index (χ4n) is 6.21. The van der Waals surface area contributed by atoms with Crippen molar-refractivity contribution in [1.29, 1.82) is 0 Å². The first-order chi connectivity index (χ1) is 23.3. The standard InChI is InChI=1S/C38H33N3O6S/c1-41(48(43,44)33-15-9-4-10-16-33)25-38(30-13-7-3-8-14-30)24-31(38)23-32(42)19-18-29(21-27-17-20-34-35(22-27)46-26-45-34)37-40-39-36(47-37)28-11-5-2-6-12-28/h2-22,31H,23-26H2,1H3/t31-,38+/m0/s1. The van der Waals surface area contributed by atoms with E-state index in [1.54, 1.807) is 43.5 Å². The molecule has 0 spiro atoms. The van der Waals surface area contributed by atoms with Crippen LogP contribution in [0.4, 0.5) is 0 Å². The number of nitrogens with zero attached hydrogens (tertiary/aromatic N) is 3. The van der Waals surface area contributed by atoms with Gasteiger partial charge in [0.15, 0.2) is 17.3 Å². The third kappa shape index (κ3) is 6.45. The van der Waals surface area contributed by atoms with E-state index in [4.69, 9.17) is 13.9 Å². The Morgan fingerprint density at radius 2 is 1.56 bits per heavy atom. The molecule has 5 aromatic rings. The topological polar surface area (TPSA) is 112 Å². The number of fused-ring (bicyclic) bond motifs is 1. The van der Waals surface area contributed by atoms with Crippen molar-refractivity contribution >= 4 is 27.5 Å². The minimum atomic E-state index is -3.71. The molecule has 0 saturated heterocycles. The van der Waals surface area contributed by atoms with E-state index in [-0.39, 0.29) is 42.2 Å². The van der Waals surface area contributed by atoms with Gasteiger partial charge in [0, 0.05) is 36.6 Å². The fraction of sp³-hybridized carbons (Fsp3) is 0.184. The lowest BCUT2D eigenvalue weighted by molar-refractivity contribution is -0.115. The molecule has 1 aliphatic heterocycles. The van der Waals surface area contributed by atoms with Crippen molar-refractivity contribution in [2.24, 2.45) is 5.92 Å². The molecule has 48 heavy (non-hydrogen) atoms. The van der Waals surface area contributed by atoms with E-state index in [0.717, 1.165) is 16.7 Å². The summed E-state index contributed by atoms with van der Waals surface area (Å²) in [7, 11) is -2.11. The number of ketones is 1. The predicted molar refractivity (Wildman–Crippen MR) is 181 cm³/mol. The molecule has 0 bridgehead atoms. The summed E-state index contributed by atoms with van der Waals surface area (Å²) >= 11 is 0. The monoisotopic (exact) mass is 659 g/mol. The number of rotatable bonds is 12. The van der Waals surface area contributed by atoms with Crippen LogP contribution in [-0.4, -0.2) is 49.1 Å². The Kier molecular flexibility index (Phi) is 8.51. The maximum Gasteiger partial charge on any atom is 0.248 e. The molecule has 10 heteroatoms. The van der Waals surface area contributed by atoms with Crippen LogP contribution in [0.15, 0.2) is 131 Å². The van der Waals surface area contributed by atoms with Gasteiger partial charge in [-0.3, -0.25) is 4.79 Å². The van der Waals surface area contributed by atoms with Crippen molar-refractivity contribution in [3.05, 3.63) is 138 Å². The number of sulfonamides is 1. The normalized spacial score (nSPS) is 18.8. The number of hydrogen-bond donors (Lipinski definition) is 0. The van der Waals surface area contributed by atoms with Crippen LogP contribution in [0.5, 0.6) is 11.5 Å². The molecule has 9 nitrogen and oxygen atoms in total. The Hall–Kier alpha value is -5.32. The first-order valence-electron chi connectivity index (χ1n) is 15.6. The van der Waals surface area contributed by atoms with Gasteiger partial charge in [-0.15, -0.1) is 10.2 Å². The van der Waals surface area contributed by atoms with Crippen molar-refractivity contribution in [3.8, 4) is 23.0 Å². The summed E-state index contributed by atoms with van der Waals surface area (Å²) in [6.45, 7) is 0.420. The van der Waals surface area contributed by atoms with Crippen LogP contribution in [0, 0.1) is 5.92 Å². The molecule has 7 rings (SSSR count). The predicted octanol–water partition coefficient (Wildman–Crippen LogP) is 6.80. The van der Waals surface area contributed by atoms with E-state index in [9.17, 15) is 13.2 Å². The molecule has 1 fully saturated rings. The van der Waals surface area contributed by atoms with E-state index in [0.29, 0.717) is 29.4 Å². The Balaban J connectivity index is 1.13. The van der Waals surface area contributed by atoms with E-state index in [1.165, 1.54) is 10.4 Å². The molecule has 0 N–H and O–H groups in total. The minimum Gasteiger partial charge on any atom is -0.454 e.